The van der Waals surface area contributed by atoms with Gasteiger partial charge in [0, 0.05) is 24.9 Å². The number of nitrogens with zero attached hydrogens (tertiary/aromatic N) is 2. The van der Waals surface area contributed by atoms with E-state index < -0.39 is 0 Å². The van der Waals surface area contributed by atoms with E-state index in [1.165, 1.54) is 56.3 Å². The molecule has 0 radical (unpaired) electrons. The minimum Gasteiger partial charge on any atom is -0.345 e. The average molecular weight is 326 g/mol. The quantitative estimate of drug-likeness (QED) is 0.852. The molecule has 2 fully saturated rings. The van der Waals surface area contributed by atoms with E-state index in [9.17, 15) is 4.79 Å². The monoisotopic (exact) mass is 326 g/mol. The van der Waals surface area contributed by atoms with E-state index >= 15 is 0 Å². The number of carbonyl (C=O) groups is 1. The van der Waals surface area contributed by atoms with E-state index in [0.29, 0.717) is 11.8 Å². The Kier molecular flexibility index (Phi) is 4.16. The fraction of sp³-hybridized carbons (Fsp3) is 0.667. The van der Waals surface area contributed by atoms with Crippen LogP contribution in [0.25, 0.3) is 0 Å². The third-order valence-corrected chi connectivity index (χ3v) is 6.74. The summed E-state index contributed by atoms with van der Waals surface area (Å²) in [5.74, 6) is 1.31. The van der Waals surface area contributed by atoms with E-state index in [0.717, 1.165) is 13.0 Å². The van der Waals surface area contributed by atoms with Gasteiger partial charge in [0.1, 0.15) is 0 Å². The van der Waals surface area contributed by atoms with Crippen molar-refractivity contribution >= 4 is 5.91 Å². The highest BCUT2D eigenvalue weighted by Crippen LogP contribution is 2.60. The Bertz CT molecular complexity index is 620. The highest BCUT2D eigenvalue weighted by molar-refractivity contribution is 5.84. The summed E-state index contributed by atoms with van der Waals surface area (Å²) in [5, 5.41) is 0. The van der Waals surface area contributed by atoms with Crippen LogP contribution in [-0.4, -0.2) is 49.4 Å². The van der Waals surface area contributed by atoms with Crippen molar-refractivity contribution in [3.63, 3.8) is 0 Å². The first-order chi connectivity index (χ1) is 11.6. The molecule has 1 aromatic rings. The molecule has 1 aromatic carbocycles. The minimum atomic E-state index is 0.174. The molecule has 1 saturated carbocycles. The number of likely N-dealkylation sites (tertiary alicyclic amines) is 1. The number of hydrogen-bond acceptors (Lipinski definition) is 2. The molecule has 4 rings (SSSR count). The summed E-state index contributed by atoms with van der Waals surface area (Å²) in [4.78, 5) is 17.5. The number of fused-ring (bicyclic) bond motifs is 2. The largest absolute Gasteiger partial charge is 0.345 e. The molecule has 130 valence electrons. The van der Waals surface area contributed by atoms with Crippen molar-refractivity contribution in [2.45, 2.75) is 43.9 Å². The smallest absolute Gasteiger partial charge is 0.226 e. The van der Waals surface area contributed by atoms with Crippen molar-refractivity contribution in [2.75, 3.05) is 33.7 Å². The van der Waals surface area contributed by atoms with Crippen molar-refractivity contribution in [3.8, 4) is 0 Å². The summed E-state index contributed by atoms with van der Waals surface area (Å²) in [6.45, 7) is 3.29. The molecular formula is C21H30N2O. The standard InChI is InChI=1S/C21H30N2O/c1-22-12-9-16(10-13-22)15-23(2)20(24)19-14-21(19)11-5-7-17-6-3-4-8-18(17)21/h3-4,6,8,16,19H,5,7,9-15H2,1-2H3/t19-,21-/m0/s1. The van der Waals surface area contributed by atoms with Crippen LogP contribution in [0, 0.1) is 11.8 Å². The van der Waals surface area contributed by atoms with E-state index in [-0.39, 0.29) is 11.3 Å². The van der Waals surface area contributed by atoms with Crippen molar-refractivity contribution in [2.24, 2.45) is 11.8 Å². The van der Waals surface area contributed by atoms with Crippen LogP contribution in [0.4, 0.5) is 0 Å². The van der Waals surface area contributed by atoms with Gasteiger partial charge in [-0.1, -0.05) is 24.3 Å². The molecule has 0 bridgehead atoms. The molecule has 0 N–H and O–H groups in total. The first-order valence-electron chi connectivity index (χ1n) is 9.62. The molecule has 3 nitrogen and oxygen atoms in total. The van der Waals surface area contributed by atoms with Crippen molar-refractivity contribution in [1.82, 2.24) is 9.80 Å². The van der Waals surface area contributed by atoms with Gasteiger partial charge in [-0.15, -0.1) is 0 Å². The molecule has 1 spiro atoms. The van der Waals surface area contributed by atoms with Crippen molar-refractivity contribution in [3.05, 3.63) is 35.4 Å². The molecule has 1 saturated heterocycles. The van der Waals surface area contributed by atoms with Crippen LogP contribution in [0.5, 0.6) is 0 Å². The lowest BCUT2D eigenvalue weighted by Crippen LogP contribution is -2.39. The van der Waals surface area contributed by atoms with Gasteiger partial charge in [-0.3, -0.25) is 4.79 Å². The summed E-state index contributed by atoms with van der Waals surface area (Å²) in [6, 6.07) is 8.83. The maximum Gasteiger partial charge on any atom is 0.226 e. The minimum absolute atomic E-state index is 0.174. The Balaban J connectivity index is 1.42. The maximum atomic E-state index is 13.0. The Labute approximate surface area is 146 Å². The van der Waals surface area contributed by atoms with Gasteiger partial charge >= 0.3 is 0 Å². The summed E-state index contributed by atoms with van der Waals surface area (Å²) in [7, 11) is 4.22. The third kappa shape index (κ3) is 2.77. The van der Waals surface area contributed by atoms with Crippen LogP contribution in [0.3, 0.4) is 0 Å². The lowest BCUT2D eigenvalue weighted by molar-refractivity contribution is -0.132. The molecular weight excluding hydrogens is 296 g/mol. The second-order valence-electron chi connectivity index (χ2n) is 8.39. The molecule has 1 heterocycles. The number of carbonyl (C=O) groups excluding carboxylic acids is 1. The predicted octanol–water partition coefficient (Wildman–Crippen LogP) is 3.08. The zero-order chi connectivity index (χ0) is 16.7. The Morgan fingerprint density at radius 1 is 1.29 bits per heavy atom. The van der Waals surface area contributed by atoms with Gasteiger partial charge in [0.15, 0.2) is 0 Å². The van der Waals surface area contributed by atoms with E-state index in [2.05, 4.69) is 36.2 Å². The predicted molar refractivity (Wildman–Crippen MR) is 97.0 cm³/mol. The van der Waals surface area contributed by atoms with Gasteiger partial charge in [-0.25, -0.2) is 0 Å². The molecule has 1 aliphatic heterocycles. The van der Waals surface area contributed by atoms with E-state index in [1.807, 2.05) is 11.9 Å². The number of benzene rings is 1. The number of rotatable bonds is 3. The number of aryl methyl sites for hydroxylation is 1. The zero-order valence-electron chi connectivity index (χ0n) is 15.1. The first-order valence-corrected chi connectivity index (χ1v) is 9.62. The molecule has 1 amide bonds. The van der Waals surface area contributed by atoms with Crippen molar-refractivity contribution in [1.29, 1.82) is 0 Å². The molecule has 3 heteroatoms. The van der Waals surface area contributed by atoms with E-state index in [1.54, 1.807) is 0 Å². The van der Waals surface area contributed by atoms with Crippen molar-refractivity contribution < 1.29 is 4.79 Å². The normalized spacial score (nSPS) is 30.2. The first kappa shape index (κ1) is 16.1. The van der Waals surface area contributed by atoms with Crippen LogP contribution in [0.15, 0.2) is 24.3 Å². The van der Waals surface area contributed by atoms with Crippen LogP contribution in [0.2, 0.25) is 0 Å². The highest BCUT2D eigenvalue weighted by atomic mass is 16.2. The SMILES string of the molecule is CN1CCC(CN(C)C(=O)[C@@H]2C[C@]23CCCc2ccccc23)CC1. The summed E-state index contributed by atoms with van der Waals surface area (Å²) < 4.78 is 0. The molecule has 0 unspecified atom stereocenters. The molecule has 0 aromatic heterocycles. The third-order valence-electron chi connectivity index (χ3n) is 6.74. The van der Waals surface area contributed by atoms with Crippen LogP contribution in [-0.2, 0) is 16.6 Å². The zero-order valence-corrected chi connectivity index (χ0v) is 15.1. The van der Waals surface area contributed by atoms with Gasteiger partial charge in [0.25, 0.3) is 0 Å². The molecule has 24 heavy (non-hydrogen) atoms. The van der Waals surface area contributed by atoms with E-state index in [4.69, 9.17) is 0 Å². The van der Waals surface area contributed by atoms with Crippen LogP contribution in [0.1, 0.15) is 43.2 Å². The highest BCUT2D eigenvalue weighted by Gasteiger charge is 2.60. The Morgan fingerprint density at radius 3 is 2.83 bits per heavy atom. The van der Waals surface area contributed by atoms with Gasteiger partial charge in [0.2, 0.25) is 5.91 Å². The molecule has 3 aliphatic rings. The number of amides is 1. The Morgan fingerprint density at radius 2 is 2.04 bits per heavy atom. The number of hydrogen-bond donors (Lipinski definition) is 0. The van der Waals surface area contributed by atoms with Gasteiger partial charge in [-0.05, 0) is 75.7 Å². The summed E-state index contributed by atoms with van der Waals surface area (Å²) >= 11 is 0. The van der Waals surface area contributed by atoms with Gasteiger partial charge < -0.3 is 9.80 Å². The van der Waals surface area contributed by atoms with Crippen LogP contribution < -0.4 is 0 Å². The lowest BCUT2D eigenvalue weighted by atomic mass is 9.78. The lowest BCUT2D eigenvalue weighted by Gasteiger charge is -2.32. The second-order valence-corrected chi connectivity index (χ2v) is 8.39. The van der Waals surface area contributed by atoms with Gasteiger partial charge in [0.05, 0.1) is 0 Å². The Hall–Kier alpha value is -1.35. The number of piperidine rings is 1. The second kappa shape index (κ2) is 6.18. The molecule has 2 atom stereocenters. The fourth-order valence-electron chi connectivity index (χ4n) is 5.14. The van der Waals surface area contributed by atoms with Crippen LogP contribution >= 0.6 is 0 Å². The van der Waals surface area contributed by atoms with Gasteiger partial charge in [-0.2, -0.15) is 0 Å². The topological polar surface area (TPSA) is 23.6 Å². The summed E-state index contributed by atoms with van der Waals surface area (Å²) in [5.41, 5.74) is 3.13. The summed E-state index contributed by atoms with van der Waals surface area (Å²) in [6.07, 6.45) is 7.15. The average Bonchev–Trinajstić information content (AvgIpc) is 3.31. The molecule has 2 aliphatic carbocycles. The fourth-order valence-corrected chi connectivity index (χ4v) is 5.14. The maximum absolute atomic E-state index is 13.0.